The van der Waals surface area contributed by atoms with Crippen LogP contribution in [0.25, 0.3) is 21.5 Å². The minimum atomic E-state index is -0.688. The molecule has 0 saturated heterocycles. The third-order valence-electron chi connectivity index (χ3n) is 9.74. The first-order valence-electron chi connectivity index (χ1n) is 20.6. The lowest BCUT2D eigenvalue weighted by molar-refractivity contribution is -0.144. The SMILES string of the molecule is CCOC(=O)CN(Cc1ccccn1)C(=O)c1cc2ccccc2cc1N.CCOC(=O)CN(Cc1ccccn1)C(=O)c1cc2ccccc2cc1NC(=O)Nc1c(Cl)cc(Cl)cc1Cl. The summed E-state index contributed by atoms with van der Waals surface area (Å²) < 4.78 is 10.1. The molecule has 2 aromatic heterocycles. The Hall–Kier alpha value is -7.26. The van der Waals surface area contributed by atoms with Gasteiger partial charge in [-0.2, -0.15) is 0 Å². The van der Waals surface area contributed by atoms with E-state index in [-0.39, 0.29) is 72.3 Å². The number of aromatic nitrogens is 2. The fourth-order valence-corrected chi connectivity index (χ4v) is 7.64. The molecule has 0 spiro atoms. The van der Waals surface area contributed by atoms with Gasteiger partial charge in [0.2, 0.25) is 0 Å². The van der Waals surface area contributed by atoms with Crippen molar-refractivity contribution in [2.24, 2.45) is 0 Å². The molecule has 0 fully saturated rings. The number of hydrogen-bond acceptors (Lipinski definition) is 10. The van der Waals surface area contributed by atoms with Gasteiger partial charge in [0.25, 0.3) is 11.8 Å². The van der Waals surface area contributed by atoms with E-state index in [9.17, 15) is 24.0 Å². The Morgan fingerprint density at radius 1 is 0.576 bits per heavy atom. The highest BCUT2D eigenvalue weighted by atomic mass is 35.5. The molecular weight excluding hydrogens is 905 g/mol. The molecular formula is C49H44Cl3N7O7. The lowest BCUT2D eigenvalue weighted by atomic mass is 10.0. The van der Waals surface area contributed by atoms with Crippen LogP contribution in [-0.2, 0) is 32.2 Å². The third-order valence-corrected chi connectivity index (χ3v) is 10.6. The van der Waals surface area contributed by atoms with Crippen molar-refractivity contribution in [3.63, 3.8) is 0 Å². The topological polar surface area (TPSA) is 186 Å². The number of nitrogens with one attached hydrogen (secondary N) is 2. The monoisotopic (exact) mass is 947 g/mol. The number of esters is 2. The molecule has 0 bridgehead atoms. The highest BCUT2D eigenvalue weighted by Gasteiger charge is 2.26. The van der Waals surface area contributed by atoms with Gasteiger partial charge in [0.1, 0.15) is 13.1 Å². The fourth-order valence-electron chi connectivity index (χ4n) is 6.73. The molecule has 7 rings (SSSR count). The van der Waals surface area contributed by atoms with Crippen molar-refractivity contribution in [2.75, 3.05) is 42.7 Å². The number of fused-ring (bicyclic) bond motifs is 2. The van der Waals surface area contributed by atoms with E-state index in [1.165, 1.54) is 21.9 Å². The normalized spacial score (nSPS) is 10.6. The number of urea groups is 1. The van der Waals surface area contributed by atoms with Gasteiger partial charge in [-0.25, -0.2) is 4.79 Å². The maximum atomic E-state index is 13.9. The molecule has 338 valence electrons. The van der Waals surface area contributed by atoms with Crippen LogP contribution < -0.4 is 16.4 Å². The number of halogens is 3. The number of carbonyl (C=O) groups excluding carboxylic acids is 5. The molecule has 0 aliphatic carbocycles. The van der Waals surface area contributed by atoms with Crippen LogP contribution in [0.4, 0.5) is 21.9 Å². The van der Waals surface area contributed by atoms with E-state index in [1.807, 2.05) is 54.6 Å². The molecule has 0 aliphatic rings. The van der Waals surface area contributed by atoms with E-state index in [0.29, 0.717) is 27.7 Å². The van der Waals surface area contributed by atoms with Gasteiger partial charge in [-0.3, -0.25) is 29.1 Å². The maximum absolute atomic E-state index is 13.9. The average Bonchev–Trinajstić information content (AvgIpc) is 3.30. The Morgan fingerprint density at radius 3 is 1.48 bits per heavy atom. The number of rotatable bonds is 14. The Kier molecular flexibility index (Phi) is 16.9. The second kappa shape index (κ2) is 23.1. The molecule has 2 heterocycles. The lowest BCUT2D eigenvalue weighted by Crippen LogP contribution is -2.37. The summed E-state index contributed by atoms with van der Waals surface area (Å²) in [6.45, 7) is 3.59. The number of anilines is 3. The van der Waals surface area contributed by atoms with Gasteiger partial charge in [0.15, 0.2) is 0 Å². The van der Waals surface area contributed by atoms with E-state index in [4.69, 9.17) is 50.0 Å². The Morgan fingerprint density at radius 2 is 1.02 bits per heavy atom. The van der Waals surface area contributed by atoms with Gasteiger partial charge in [0, 0.05) is 23.1 Å². The molecule has 5 aromatic carbocycles. The van der Waals surface area contributed by atoms with Gasteiger partial charge >= 0.3 is 18.0 Å². The second-order valence-electron chi connectivity index (χ2n) is 14.4. The summed E-state index contributed by atoms with van der Waals surface area (Å²) >= 11 is 18.4. The average molecular weight is 949 g/mol. The van der Waals surface area contributed by atoms with Crippen molar-refractivity contribution < 1.29 is 33.4 Å². The molecule has 4 N–H and O–H groups in total. The van der Waals surface area contributed by atoms with Crippen LogP contribution in [0.3, 0.4) is 0 Å². The number of nitrogen functional groups attached to an aromatic ring is 1. The Labute approximate surface area is 395 Å². The maximum Gasteiger partial charge on any atom is 0.325 e. The number of hydrogen-bond donors (Lipinski definition) is 3. The zero-order valence-corrected chi connectivity index (χ0v) is 38.1. The smallest absolute Gasteiger partial charge is 0.325 e. The first-order valence-corrected chi connectivity index (χ1v) is 21.7. The number of nitrogens with zero attached hydrogens (tertiary/aromatic N) is 4. The lowest BCUT2D eigenvalue weighted by Gasteiger charge is -2.23. The van der Waals surface area contributed by atoms with Crippen LogP contribution in [0, 0.1) is 0 Å². The van der Waals surface area contributed by atoms with Crippen molar-refractivity contribution in [1.29, 1.82) is 0 Å². The quantitative estimate of drug-likeness (QED) is 0.0700. The summed E-state index contributed by atoms with van der Waals surface area (Å²) in [5, 5.41) is 9.34. The summed E-state index contributed by atoms with van der Waals surface area (Å²) in [5.41, 5.74) is 8.65. The van der Waals surface area contributed by atoms with Crippen LogP contribution in [0.15, 0.2) is 134 Å². The highest BCUT2D eigenvalue weighted by Crippen LogP contribution is 2.34. The van der Waals surface area contributed by atoms with E-state index in [2.05, 4.69) is 20.6 Å². The Balaban J connectivity index is 0.000000233. The molecule has 0 unspecified atom stereocenters. The van der Waals surface area contributed by atoms with Crippen LogP contribution in [0.2, 0.25) is 15.1 Å². The van der Waals surface area contributed by atoms with Gasteiger partial charge in [-0.15, -0.1) is 0 Å². The van der Waals surface area contributed by atoms with Crippen molar-refractivity contribution in [2.45, 2.75) is 26.9 Å². The van der Waals surface area contributed by atoms with Crippen molar-refractivity contribution in [3.05, 3.63) is 171 Å². The Bertz CT molecular complexity index is 2850. The molecule has 0 saturated carbocycles. The van der Waals surface area contributed by atoms with Crippen molar-refractivity contribution in [3.8, 4) is 0 Å². The minimum absolute atomic E-state index is 0.0486. The third kappa shape index (κ3) is 12.9. The number of carbonyl (C=O) groups is 5. The first kappa shape index (κ1) is 48.2. The predicted molar refractivity (Wildman–Crippen MR) is 258 cm³/mol. The van der Waals surface area contributed by atoms with Gasteiger partial charge in [-0.05, 0) is 96.1 Å². The zero-order chi connectivity index (χ0) is 47.2. The number of benzene rings is 5. The van der Waals surface area contributed by atoms with E-state index in [1.54, 1.807) is 80.8 Å². The van der Waals surface area contributed by atoms with Crippen LogP contribution in [0.1, 0.15) is 46.0 Å². The molecule has 14 nitrogen and oxygen atoms in total. The summed E-state index contributed by atoms with van der Waals surface area (Å²) in [6.07, 6.45) is 3.25. The number of ether oxygens (including phenoxy) is 2. The van der Waals surface area contributed by atoms with Crippen LogP contribution >= 0.6 is 34.8 Å². The standard InChI is InChI=1S/C28H23Cl3N4O4.C21H21N3O3/c1-2-39-25(36)16-35(15-20-9-5-6-10-32-20)27(37)21-11-17-7-3-4-8-18(17)12-24(21)33-28(38)34-26-22(30)13-19(29)14-23(26)31;1-2-27-20(25)14-24(13-17-9-5-6-10-23-17)21(26)18-11-15-7-3-4-8-16(15)12-19(18)22/h3-14H,2,15-16H2,1H3,(H2,33,34,38);3-12H,2,13-14,22H2,1H3. The first-order chi connectivity index (χ1) is 31.8. The molecule has 4 amide bonds. The van der Waals surface area contributed by atoms with Gasteiger partial charge in [-0.1, -0.05) is 95.5 Å². The molecule has 66 heavy (non-hydrogen) atoms. The number of amides is 4. The van der Waals surface area contributed by atoms with Crippen LogP contribution in [0.5, 0.6) is 0 Å². The van der Waals surface area contributed by atoms with Crippen molar-refractivity contribution in [1.82, 2.24) is 19.8 Å². The van der Waals surface area contributed by atoms with Crippen LogP contribution in [-0.4, -0.2) is 75.9 Å². The van der Waals surface area contributed by atoms with Crippen molar-refractivity contribution >= 4 is 103 Å². The largest absolute Gasteiger partial charge is 0.465 e. The highest BCUT2D eigenvalue weighted by molar-refractivity contribution is 6.42. The predicted octanol–water partition coefficient (Wildman–Crippen LogP) is 10.1. The molecule has 0 radical (unpaired) electrons. The fraction of sp³-hybridized carbons (Fsp3) is 0.163. The van der Waals surface area contributed by atoms with Gasteiger partial charge in [0.05, 0.1) is 70.2 Å². The molecule has 0 atom stereocenters. The number of nitrogens with two attached hydrogens (primary N) is 1. The molecule has 0 aliphatic heterocycles. The van der Waals surface area contributed by atoms with E-state index >= 15 is 0 Å². The second-order valence-corrected chi connectivity index (χ2v) is 15.7. The summed E-state index contributed by atoms with van der Waals surface area (Å²) in [7, 11) is 0. The minimum Gasteiger partial charge on any atom is -0.465 e. The van der Waals surface area contributed by atoms with E-state index < -0.39 is 23.9 Å². The zero-order valence-electron chi connectivity index (χ0n) is 35.8. The summed E-state index contributed by atoms with van der Waals surface area (Å²) in [4.78, 5) is 75.7. The molecule has 7 aromatic rings. The summed E-state index contributed by atoms with van der Waals surface area (Å²) in [5.74, 6) is -1.88. The molecule has 17 heteroatoms. The number of pyridine rings is 2. The summed E-state index contributed by atoms with van der Waals surface area (Å²) in [6, 6.07) is 34.8. The van der Waals surface area contributed by atoms with Gasteiger partial charge < -0.3 is 35.6 Å². The van der Waals surface area contributed by atoms with E-state index in [0.717, 1.165) is 21.5 Å².